The van der Waals surface area contributed by atoms with Crippen LogP contribution in [-0.2, 0) is 12.0 Å². The van der Waals surface area contributed by atoms with Crippen LogP contribution in [0.4, 0.5) is 0 Å². The first-order valence-corrected chi connectivity index (χ1v) is 12.2. The first kappa shape index (κ1) is 21.6. The molecule has 5 aromatic rings. The van der Waals surface area contributed by atoms with Gasteiger partial charge in [-0.25, -0.2) is 9.97 Å². The molecule has 2 aliphatic heterocycles. The third-order valence-electron chi connectivity index (χ3n) is 7.23. The molecule has 8 heteroatoms. The van der Waals surface area contributed by atoms with Crippen LogP contribution in [0.15, 0.2) is 90.3 Å². The van der Waals surface area contributed by atoms with Crippen molar-refractivity contribution >= 4 is 29.0 Å². The van der Waals surface area contributed by atoms with Crippen LogP contribution in [-0.4, -0.2) is 34.8 Å². The van der Waals surface area contributed by atoms with Gasteiger partial charge in [-0.3, -0.25) is 14.0 Å². The highest BCUT2D eigenvalue weighted by Crippen LogP contribution is 2.46. The predicted octanol–water partition coefficient (Wildman–Crippen LogP) is 4.60. The number of imidazole rings is 1. The average molecular weight is 485 g/mol. The SMILES string of the molecule is CC12CC(c3ccccc3)=C(c3ccc(CN)cc3)N=C1C=Cn1c(-c3cn4cccnc4n3)nnc12. The van der Waals surface area contributed by atoms with Crippen LogP contribution in [0.1, 0.15) is 35.9 Å². The summed E-state index contributed by atoms with van der Waals surface area (Å²) in [6.45, 7) is 2.71. The first-order chi connectivity index (χ1) is 18.1. The molecule has 2 aromatic carbocycles. The van der Waals surface area contributed by atoms with Gasteiger partial charge in [-0.1, -0.05) is 54.6 Å². The second-order valence-electron chi connectivity index (χ2n) is 9.59. The van der Waals surface area contributed by atoms with E-state index < -0.39 is 5.41 Å². The highest BCUT2D eigenvalue weighted by molar-refractivity contribution is 6.13. The second-order valence-corrected chi connectivity index (χ2v) is 9.59. The minimum Gasteiger partial charge on any atom is -0.326 e. The maximum absolute atomic E-state index is 5.84. The summed E-state index contributed by atoms with van der Waals surface area (Å²) < 4.78 is 3.92. The van der Waals surface area contributed by atoms with Gasteiger partial charge < -0.3 is 5.73 Å². The van der Waals surface area contributed by atoms with Crippen LogP contribution in [0.5, 0.6) is 0 Å². The molecule has 1 atom stereocenters. The van der Waals surface area contributed by atoms with Gasteiger partial charge in [0.05, 0.1) is 16.8 Å². The quantitative estimate of drug-likeness (QED) is 0.402. The Kier molecular flexibility index (Phi) is 4.77. The number of hydrogen-bond donors (Lipinski definition) is 1. The highest BCUT2D eigenvalue weighted by atomic mass is 15.3. The molecule has 37 heavy (non-hydrogen) atoms. The van der Waals surface area contributed by atoms with Crippen LogP contribution in [0.3, 0.4) is 0 Å². The molecule has 8 nitrogen and oxygen atoms in total. The van der Waals surface area contributed by atoms with Gasteiger partial charge in [-0.05, 0) is 42.2 Å². The Morgan fingerprint density at radius 3 is 2.59 bits per heavy atom. The van der Waals surface area contributed by atoms with E-state index in [1.54, 1.807) is 6.20 Å². The van der Waals surface area contributed by atoms with E-state index in [1.165, 1.54) is 5.57 Å². The number of rotatable bonds is 4. The number of nitrogens with two attached hydrogens (primary N) is 1. The number of aromatic nitrogens is 6. The summed E-state index contributed by atoms with van der Waals surface area (Å²) in [6, 6.07) is 20.7. The number of allylic oxidation sites excluding steroid dienone is 2. The molecule has 0 bridgehead atoms. The molecule has 2 aliphatic rings. The lowest BCUT2D eigenvalue weighted by Gasteiger charge is -2.36. The summed E-state index contributed by atoms with van der Waals surface area (Å²) in [6.07, 6.45) is 10.4. The Balaban J connectivity index is 1.37. The normalized spacial score (nSPS) is 18.6. The number of nitrogens with zero attached hydrogens (tertiary/aromatic N) is 7. The van der Waals surface area contributed by atoms with Crippen molar-refractivity contribution in [3.8, 4) is 11.5 Å². The van der Waals surface area contributed by atoms with Gasteiger partial charge in [0.1, 0.15) is 11.5 Å². The Hall–Kier alpha value is -4.69. The first-order valence-electron chi connectivity index (χ1n) is 12.2. The fourth-order valence-corrected chi connectivity index (χ4v) is 5.24. The number of aliphatic imine (C=N–C) groups is 1. The summed E-state index contributed by atoms with van der Waals surface area (Å²) in [5.74, 6) is 2.16. The molecule has 5 heterocycles. The maximum Gasteiger partial charge on any atom is 0.234 e. The van der Waals surface area contributed by atoms with E-state index >= 15 is 0 Å². The number of fused-ring (bicyclic) bond motifs is 4. The van der Waals surface area contributed by atoms with Crippen molar-refractivity contribution in [2.45, 2.75) is 25.3 Å². The van der Waals surface area contributed by atoms with Gasteiger partial charge in [0, 0.05) is 36.9 Å². The van der Waals surface area contributed by atoms with E-state index in [4.69, 9.17) is 10.7 Å². The van der Waals surface area contributed by atoms with Crippen LogP contribution in [0.2, 0.25) is 0 Å². The van der Waals surface area contributed by atoms with Gasteiger partial charge in [0.2, 0.25) is 5.78 Å². The van der Waals surface area contributed by atoms with E-state index in [9.17, 15) is 0 Å². The molecule has 1 unspecified atom stereocenters. The zero-order valence-electron chi connectivity index (χ0n) is 20.3. The van der Waals surface area contributed by atoms with Crippen molar-refractivity contribution in [1.29, 1.82) is 0 Å². The third kappa shape index (κ3) is 3.37. The van der Waals surface area contributed by atoms with Crippen LogP contribution in [0.25, 0.3) is 34.8 Å². The van der Waals surface area contributed by atoms with E-state index in [0.717, 1.165) is 46.0 Å². The van der Waals surface area contributed by atoms with E-state index in [1.807, 2.05) is 39.7 Å². The monoisotopic (exact) mass is 484 g/mol. The molecular formula is C29H24N8. The van der Waals surface area contributed by atoms with Crippen molar-refractivity contribution in [2.75, 3.05) is 0 Å². The standard InChI is InChI=1S/C29H24N8/c1-29-16-22(20-6-3-2-4-7-20)25(21-10-8-19(17-30)9-11-21)33-24(29)12-15-37-26(34-35-27(29)37)23-18-36-14-5-13-31-28(36)32-23/h2-15,18H,16-17,30H2,1H3. The molecule has 0 spiro atoms. The minimum absolute atomic E-state index is 0.455. The fourth-order valence-electron chi connectivity index (χ4n) is 5.24. The summed E-state index contributed by atoms with van der Waals surface area (Å²) in [7, 11) is 0. The Bertz CT molecular complexity index is 1700. The lowest BCUT2D eigenvalue weighted by atomic mass is 9.72. The van der Waals surface area contributed by atoms with Crippen molar-refractivity contribution < 1.29 is 0 Å². The summed E-state index contributed by atoms with van der Waals surface area (Å²) >= 11 is 0. The molecule has 0 fully saturated rings. The highest BCUT2D eigenvalue weighted by Gasteiger charge is 2.43. The maximum atomic E-state index is 5.84. The molecule has 3 aromatic heterocycles. The smallest absolute Gasteiger partial charge is 0.234 e. The van der Waals surface area contributed by atoms with Crippen molar-refractivity contribution in [3.05, 3.63) is 108 Å². The fraction of sp³-hybridized carbons (Fsp3) is 0.138. The Morgan fingerprint density at radius 2 is 1.81 bits per heavy atom. The van der Waals surface area contributed by atoms with Crippen molar-refractivity contribution in [1.82, 2.24) is 29.1 Å². The van der Waals surface area contributed by atoms with Crippen molar-refractivity contribution in [2.24, 2.45) is 10.7 Å². The average Bonchev–Trinajstić information content (AvgIpc) is 3.58. The zero-order chi connectivity index (χ0) is 25.0. The van der Waals surface area contributed by atoms with Gasteiger partial charge >= 0.3 is 0 Å². The molecule has 2 N–H and O–H groups in total. The van der Waals surface area contributed by atoms with Crippen LogP contribution in [0, 0.1) is 0 Å². The van der Waals surface area contributed by atoms with Gasteiger partial charge in [-0.15, -0.1) is 10.2 Å². The van der Waals surface area contributed by atoms with E-state index in [2.05, 4.69) is 81.7 Å². The largest absolute Gasteiger partial charge is 0.326 e. The third-order valence-corrected chi connectivity index (χ3v) is 7.23. The minimum atomic E-state index is -0.455. The van der Waals surface area contributed by atoms with E-state index in [0.29, 0.717) is 18.1 Å². The zero-order valence-corrected chi connectivity index (χ0v) is 20.3. The van der Waals surface area contributed by atoms with Gasteiger partial charge in [0.15, 0.2) is 5.82 Å². The molecular weight excluding hydrogens is 460 g/mol. The number of hydrogen-bond acceptors (Lipinski definition) is 6. The number of benzene rings is 2. The van der Waals surface area contributed by atoms with Crippen LogP contribution < -0.4 is 5.73 Å². The molecule has 0 saturated heterocycles. The molecule has 0 amide bonds. The molecule has 0 aliphatic carbocycles. The summed E-state index contributed by atoms with van der Waals surface area (Å²) in [5.41, 5.74) is 12.5. The van der Waals surface area contributed by atoms with Gasteiger partial charge in [0.25, 0.3) is 0 Å². The van der Waals surface area contributed by atoms with Crippen molar-refractivity contribution in [3.63, 3.8) is 0 Å². The second kappa shape index (κ2) is 8.18. The van der Waals surface area contributed by atoms with Gasteiger partial charge in [-0.2, -0.15) is 0 Å². The Labute approximate surface area is 213 Å². The predicted molar refractivity (Wildman–Crippen MR) is 144 cm³/mol. The molecule has 0 saturated carbocycles. The lowest BCUT2D eigenvalue weighted by Crippen LogP contribution is -2.39. The summed E-state index contributed by atoms with van der Waals surface area (Å²) in [4.78, 5) is 14.2. The van der Waals surface area contributed by atoms with Crippen LogP contribution >= 0.6 is 0 Å². The molecule has 0 radical (unpaired) electrons. The Morgan fingerprint density at radius 1 is 0.973 bits per heavy atom. The topological polar surface area (TPSA) is 99.3 Å². The lowest BCUT2D eigenvalue weighted by molar-refractivity contribution is 0.590. The molecule has 180 valence electrons. The molecule has 7 rings (SSSR count). The van der Waals surface area contributed by atoms with E-state index in [-0.39, 0.29) is 0 Å². The summed E-state index contributed by atoms with van der Waals surface area (Å²) in [5, 5.41) is 9.25.